The monoisotopic (exact) mass is 494 g/mol. The van der Waals surface area contributed by atoms with Crippen LogP contribution in [0.1, 0.15) is 46.5 Å². The standard InChI is InChI=1S/C31H30N2O4/c1-3-27(21-8-5-4-6-9-21)30(34)32-25-14-12-22(13-15-25)29-19-24-20-33(17-16-28(24)37-29)31(35)23-10-7-11-26(18-23)36-2/h4-15,18-19,27H,3,16-17,20H2,1-2H3,(H,32,34). The highest BCUT2D eigenvalue weighted by molar-refractivity contribution is 5.96. The quantitative estimate of drug-likeness (QED) is 0.328. The Morgan fingerprint density at radius 3 is 2.51 bits per heavy atom. The van der Waals surface area contributed by atoms with Crippen molar-refractivity contribution in [1.29, 1.82) is 0 Å². The number of methoxy groups -OCH3 is 1. The largest absolute Gasteiger partial charge is 0.497 e. The van der Waals surface area contributed by atoms with Gasteiger partial charge >= 0.3 is 0 Å². The van der Waals surface area contributed by atoms with Gasteiger partial charge in [0.1, 0.15) is 17.3 Å². The molecule has 6 heteroatoms. The molecule has 188 valence electrons. The Labute approximate surface area is 216 Å². The molecule has 6 nitrogen and oxygen atoms in total. The third-order valence-electron chi connectivity index (χ3n) is 6.83. The summed E-state index contributed by atoms with van der Waals surface area (Å²) in [7, 11) is 1.59. The van der Waals surface area contributed by atoms with Crippen LogP contribution >= 0.6 is 0 Å². The molecule has 3 aromatic carbocycles. The second kappa shape index (κ2) is 10.7. The molecule has 1 N–H and O–H groups in total. The van der Waals surface area contributed by atoms with Crippen molar-refractivity contribution in [2.24, 2.45) is 0 Å². The summed E-state index contributed by atoms with van der Waals surface area (Å²) in [6, 6.07) is 26.8. The minimum absolute atomic E-state index is 0.0179. The van der Waals surface area contributed by atoms with Crippen molar-refractivity contribution in [3.63, 3.8) is 0 Å². The van der Waals surface area contributed by atoms with Crippen LogP contribution in [0.2, 0.25) is 0 Å². The fourth-order valence-electron chi connectivity index (χ4n) is 4.79. The highest BCUT2D eigenvalue weighted by atomic mass is 16.5. The van der Waals surface area contributed by atoms with Crippen LogP contribution in [0.25, 0.3) is 11.3 Å². The topological polar surface area (TPSA) is 71.8 Å². The van der Waals surface area contributed by atoms with Crippen LogP contribution in [0.15, 0.2) is 89.3 Å². The minimum atomic E-state index is -0.194. The maximum Gasteiger partial charge on any atom is 0.254 e. The smallest absolute Gasteiger partial charge is 0.254 e. The minimum Gasteiger partial charge on any atom is -0.497 e. The van der Waals surface area contributed by atoms with Crippen molar-refractivity contribution in [3.05, 3.63) is 107 Å². The molecule has 0 saturated heterocycles. The highest BCUT2D eigenvalue weighted by Crippen LogP contribution is 2.31. The third-order valence-corrected chi connectivity index (χ3v) is 6.83. The average molecular weight is 495 g/mol. The number of rotatable bonds is 7. The van der Waals surface area contributed by atoms with Gasteiger partial charge in [0.25, 0.3) is 5.91 Å². The van der Waals surface area contributed by atoms with Gasteiger partial charge in [-0.2, -0.15) is 0 Å². The summed E-state index contributed by atoms with van der Waals surface area (Å²) in [4.78, 5) is 27.8. The first-order valence-corrected chi connectivity index (χ1v) is 12.6. The Morgan fingerprint density at radius 2 is 1.78 bits per heavy atom. The molecule has 5 rings (SSSR count). The van der Waals surface area contributed by atoms with Gasteiger partial charge in [-0.05, 0) is 60.5 Å². The molecule has 1 aromatic heterocycles. The molecule has 0 saturated carbocycles. The molecule has 1 atom stereocenters. The van der Waals surface area contributed by atoms with Gasteiger partial charge in [0.15, 0.2) is 0 Å². The highest BCUT2D eigenvalue weighted by Gasteiger charge is 2.25. The van der Waals surface area contributed by atoms with E-state index in [2.05, 4.69) is 5.32 Å². The molecule has 0 bridgehead atoms. The van der Waals surface area contributed by atoms with E-state index in [0.717, 1.165) is 40.3 Å². The van der Waals surface area contributed by atoms with Crippen molar-refractivity contribution in [1.82, 2.24) is 4.90 Å². The number of fused-ring (bicyclic) bond motifs is 1. The molecule has 0 spiro atoms. The summed E-state index contributed by atoms with van der Waals surface area (Å²) in [5, 5.41) is 3.04. The van der Waals surface area contributed by atoms with Gasteiger partial charge in [-0.15, -0.1) is 0 Å². The molecule has 2 heterocycles. The molecule has 1 aliphatic heterocycles. The number of carbonyl (C=O) groups is 2. The van der Waals surface area contributed by atoms with Crippen molar-refractivity contribution in [3.8, 4) is 17.1 Å². The first-order valence-electron chi connectivity index (χ1n) is 12.6. The van der Waals surface area contributed by atoms with E-state index in [-0.39, 0.29) is 17.7 Å². The molecule has 37 heavy (non-hydrogen) atoms. The molecule has 0 radical (unpaired) electrons. The van der Waals surface area contributed by atoms with Gasteiger partial charge in [-0.3, -0.25) is 9.59 Å². The lowest BCUT2D eigenvalue weighted by molar-refractivity contribution is -0.117. The lowest BCUT2D eigenvalue weighted by Gasteiger charge is -2.26. The number of nitrogens with one attached hydrogen (secondary N) is 1. The molecule has 2 amide bonds. The van der Waals surface area contributed by atoms with Gasteiger partial charge in [-0.1, -0.05) is 43.3 Å². The summed E-state index contributed by atoms with van der Waals surface area (Å²) in [5.74, 6) is 2.10. The van der Waals surface area contributed by atoms with E-state index in [0.29, 0.717) is 30.8 Å². The zero-order valence-electron chi connectivity index (χ0n) is 21.1. The van der Waals surface area contributed by atoms with Crippen LogP contribution in [-0.4, -0.2) is 30.4 Å². The summed E-state index contributed by atoms with van der Waals surface area (Å²) >= 11 is 0. The lowest BCUT2D eigenvalue weighted by atomic mass is 9.95. The Hall–Kier alpha value is -4.32. The second-order valence-electron chi connectivity index (χ2n) is 9.21. The van der Waals surface area contributed by atoms with Crippen molar-refractivity contribution in [2.75, 3.05) is 19.0 Å². The Balaban J connectivity index is 1.26. The molecule has 0 aliphatic carbocycles. The van der Waals surface area contributed by atoms with E-state index in [1.807, 2.05) is 90.7 Å². The number of ether oxygens (including phenoxy) is 1. The van der Waals surface area contributed by atoms with Gasteiger partial charge in [0, 0.05) is 41.9 Å². The van der Waals surface area contributed by atoms with Crippen LogP contribution in [0, 0.1) is 0 Å². The molecular formula is C31H30N2O4. The Morgan fingerprint density at radius 1 is 1.00 bits per heavy atom. The molecule has 1 aliphatic rings. The molecule has 4 aromatic rings. The number of anilines is 1. The van der Waals surface area contributed by atoms with E-state index in [9.17, 15) is 9.59 Å². The number of nitrogens with zero attached hydrogens (tertiary/aromatic N) is 1. The first kappa shape index (κ1) is 24.4. The predicted molar refractivity (Wildman–Crippen MR) is 144 cm³/mol. The maximum atomic E-state index is 13.0. The van der Waals surface area contributed by atoms with E-state index in [1.165, 1.54) is 0 Å². The number of hydrogen-bond acceptors (Lipinski definition) is 4. The first-order chi connectivity index (χ1) is 18.1. The lowest BCUT2D eigenvalue weighted by Crippen LogP contribution is -2.35. The normalized spacial score (nSPS) is 13.5. The van der Waals surface area contributed by atoms with Gasteiger partial charge in [0.05, 0.1) is 13.0 Å². The summed E-state index contributed by atoms with van der Waals surface area (Å²) < 4.78 is 11.4. The van der Waals surface area contributed by atoms with E-state index < -0.39 is 0 Å². The van der Waals surface area contributed by atoms with Crippen LogP contribution in [0.3, 0.4) is 0 Å². The van der Waals surface area contributed by atoms with E-state index >= 15 is 0 Å². The van der Waals surface area contributed by atoms with E-state index in [1.54, 1.807) is 13.2 Å². The Kier molecular flexibility index (Phi) is 7.08. The van der Waals surface area contributed by atoms with E-state index in [4.69, 9.17) is 9.15 Å². The number of hydrogen-bond donors (Lipinski definition) is 1. The van der Waals surface area contributed by atoms with Crippen molar-refractivity contribution < 1.29 is 18.7 Å². The zero-order chi connectivity index (χ0) is 25.8. The maximum absolute atomic E-state index is 13.0. The number of carbonyl (C=O) groups excluding carboxylic acids is 2. The average Bonchev–Trinajstić information content (AvgIpc) is 3.37. The fourth-order valence-corrected chi connectivity index (χ4v) is 4.79. The van der Waals surface area contributed by atoms with Crippen LogP contribution in [-0.2, 0) is 17.8 Å². The predicted octanol–water partition coefficient (Wildman–Crippen LogP) is 6.29. The number of furan rings is 1. The van der Waals surface area contributed by atoms with Crippen molar-refractivity contribution in [2.45, 2.75) is 32.2 Å². The molecule has 0 fully saturated rings. The Bertz CT molecular complexity index is 1390. The molecular weight excluding hydrogens is 464 g/mol. The summed E-state index contributed by atoms with van der Waals surface area (Å²) in [5.41, 5.74) is 4.31. The fraction of sp³-hybridized carbons (Fsp3) is 0.226. The van der Waals surface area contributed by atoms with Crippen LogP contribution in [0.5, 0.6) is 5.75 Å². The summed E-state index contributed by atoms with van der Waals surface area (Å²) in [6.07, 6.45) is 1.39. The van der Waals surface area contributed by atoms with Crippen LogP contribution in [0.4, 0.5) is 5.69 Å². The van der Waals surface area contributed by atoms with Gasteiger partial charge < -0.3 is 19.4 Å². The SMILES string of the molecule is CCC(C(=O)Nc1ccc(-c2cc3c(o2)CCN(C(=O)c2cccc(OC)c2)C3)cc1)c1ccccc1. The van der Waals surface area contributed by atoms with Gasteiger partial charge in [0.2, 0.25) is 5.91 Å². The van der Waals surface area contributed by atoms with Crippen molar-refractivity contribution >= 4 is 17.5 Å². The summed E-state index contributed by atoms with van der Waals surface area (Å²) in [6.45, 7) is 3.12. The zero-order valence-corrected chi connectivity index (χ0v) is 21.1. The second-order valence-corrected chi connectivity index (χ2v) is 9.21. The number of benzene rings is 3. The molecule has 1 unspecified atom stereocenters. The number of amides is 2. The van der Waals surface area contributed by atoms with Gasteiger partial charge in [-0.25, -0.2) is 0 Å². The van der Waals surface area contributed by atoms with Crippen LogP contribution < -0.4 is 10.1 Å². The third kappa shape index (κ3) is 5.28.